The van der Waals surface area contributed by atoms with E-state index >= 15 is 0 Å². The van der Waals surface area contributed by atoms with Crippen molar-refractivity contribution in [2.24, 2.45) is 5.73 Å². The van der Waals surface area contributed by atoms with Crippen molar-refractivity contribution < 1.29 is 10.0 Å². The van der Waals surface area contributed by atoms with Crippen LogP contribution in [0.3, 0.4) is 0 Å². The van der Waals surface area contributed by atoms with Crippen molar-refractivity contribution in [1.82, 2.24) is 18.7 Å². The third-order valence-corrected chi connectivity index (χ3v) is 7.43. The Morgan fingerprint density at radius 3 is 2.44 bits per heavy atom. The molecule has 0 radical (unpaired) electrons. The number of pyridine rings is 2. The third kappa shape index (κ3) is 6.05. The smallest absolute Gasteiger partial charge is 0.375 e. The highest BCUT2D eigenvalue weighted by atomic mass is 16.6. The average Bonchev–Trinajstić information content (AvgIpc) is 3.33. The normalized spacial score (nSPS) is 16.5. The van der Waals surface area contributed by atoms with Gasteiger partial charge in [-0.15, -0.1) is 0 Å². The molecule has 5 rings (SSSR count). The van der Waals surface area contributed by atoms with Gasteiger partial charge >= 0.3 is 11.2 Å². The molecule has 3 N–H and O–H groups in total. The van der Waals surface area contributed by atoms with Gasteiger partial charge in [-0.1, -0.05) is 24.6 Å². The highest BCUT2D eigenvalue weighted by Crippen LogP contribution is 2.33. The van der Waals surface area contributed by atoms with E-state index in [0.29, 0.717) is 30.7 Å². The van der Waals surface area contributed by atoms with Crippen LogP contribution in [0.2, 0.25) is 0 Å². The Labute approximate surface area is 236 Å². The Hall–Kier alpha value is -4.76. The Balaban J connectivity index is 0.000000251. The SMILES string of the molecule is CCn1ccc(O)c([N+](=O)[O-])c1=O.CCn1ccc2nc(C3CCC[C@H](N)C3)n(Cc3ccccc3C#N)c2c1=O. The summed E-state index contributed by atoms with van der Waals surface area (Å²) in [6.07, 6.45) is 7.13. The molecule has 0 spiro atoms. The maximum absolute atomic E-state index is 13.1. The van der Waals surface area contributed by atoms with Crippen LogP contribution >= 0.6 is 0 Å². The predicted octanol–water partition coefficient (Wildman–Crippen LogP) is 3.60. The molecule has 0 bridgehead atoms. The number of nitriles is 1. The molecule has 1 aliphatic rings. The molecule has 4 aromatic rings. The molecular formula is C29H33N7O5. The first-order valence-electron chi connectivity index (χ1n) is 13.6. The second kappa shape index (κ2) is 12.6. The van der Waals surface area contributed by atoms with Gasteiger partial charge in [0.2, 0.25) is 5.75 Å². The van der Waals surface area contributed by atoms with Crippen LogP contribution in [0.4, 0.5) is 5.69 Å². The number of imidazole rings is 1. The van der Waals surface area contributed by atoms with E-state index in [2.05, 4.69) is 6.07 Å². The quantitative estimate of drug-likeness (QED) is 0.266. The van der Waals surface area contributed by atoms with E-state index in [1.165, 1.54) is 6.20 Å². The maximum Gasteiger partial charge on any atom is 0.375 e. The molecule has 12 nitrogen and oxygen atoms in total. The molecule has 1 unspecified atom stereocenters. The monoisotopic (exact) mass is 559 g/mol. The molecule has 0 saturated heterocycles. The first kappa shape index (κ1) is 29.2. The number of fused-ring (bicyclic) bond motifs is 1. The van der Waals surface area contributed by atoms with Crippen LogP contribution in [-0.4, -0.2) is 34.8 Å². The van der Waals surface area contributed by atoms with E-state index in [1.54, 1.807) is 11.5 Å². The molecular weight excluding hydrogens is 526 g/mol. The Kier molecular flexibility index (Phi) is 8.99. The van der Waals surface area contributed by atoms with Crippen LogP contribution in [0.25, 0.3) is 11.0 Å². The number of nitrogens with two attached hydrogens (primary N) is 1. The molecule has 2 atom stereocenters. The van der Waals surface area contributed by atoms with Gasteiger partial charge in [0.1, 0.15) is 11.3 Å². The summed E-state index contributed by atoms with van der Waals surface area (Å²) in [6, 6.07) is 13.0. The number of hydrogen-bond donors (Lipinski definition) is 2. The lowest BCUT2D eigenvalue weighted by Gasteiger charge is -2.26. The minimum Gasteiger partial charge on any atom is -0.502 e. The van der Waals surface area contributed by atoms with Crippen molar-refractivity contribution in [3.05, 3.63) is 96.6 Å². The van der Waals surface area contributed by atoms with E-state index in [1.807, 2.05) is 48.0 Å². The minimum atomic E-state index is -0.885. The molecule has 214 valence electrons. The van der Waals surface area contributed by atoms with Crippen molar-refractivity contribution >= 4 is 16.7 Å². The summed E-state index contributed by atoms with van der Waals surface area (Å²) in [5.41, 5.74) is 7.51. The van der Waals surface area contributed by atoms with Crippen molar-refractivity contribution in [1.29, 1.82) is 5.26 Å². The fourth-order valence-corrected chi connectivity index (χ4v) is 5.29. The molecule has 0 aliphatic heterocycles. The summed E-state index contributed by atoms with van der Waals surface area (Å²) in [4.78, 5) is 38.6. The molecule has 1 aliphatic carbocycles. The fraction of sp³-hybridized carbons (Fsp3) is 0.379. The van der Waals surface area contributed by atoms with E-state index in [9.17, 15) is 25.0 Å². The summed E-state index contributed by atoms with van der Waals surface area (Å²) in [7, 11) is 0. The van der Waals surface area contributed by atoms with Crippen LogP contribution in [0.15, 0.2) is 58.4 Å². The zero-order valence-electron chi connectivity index (χ0n) is 23.1. The van der Waals surface area contributed by atoms with Crippen LogP contribution < -0.4 is 16.9 Å². The number of aromatic hydroxyl groups is 1. The zero-order chi connectivity index (χ0) is 29.7. The second-order valence-electron chi connectivity index (χ2n) is 9.99. The Morgan fingerprint density at radius 2 is 1.78 bits per heavy atom. The lowest BCUT2D eigenvalue weighted by atomic mass is 9.85. The van der Waals surface area contributed by atoms with Gasteiger partial charge in [0.15, 0.2) is 0 Å². The van der Waals surface area contributed by atoms with Gasteiger partial charge < -0.3 is 24.5 Å². The van der Waals surface area contributed by atoms with Gasteiger partial charge in [0, 0.05) is 43.5 Å². The Bertz CT molecular complexity index is 1730. The van der Waals surface area contributed by atoms with Crippen molar-refractivity contribution in [3.63, 3.8) is 0 Å². The van der Waals surface area contributed by atoms with Gasteiger partial charge in [-0.2, -0.15) is 5.26 Å². The number of benzene rings is 1. The lowest BCUT2D eigenvalue weighted by molar-refractivity contribution is -0.387. The van der Waals surface area contributed by atoms with Crippen LogP contribution in [0.5, 0.6) is 5.75 Å². The molecule has 3 heterocycles. The highest BCUT2D eigenvalue weighted by Gasteiger charge is 2.27. The van der Waals surface area contributed by atoms with Crippen LogP contribution in [-0.2, 0) is 19.6 Å². The van der Waals surface area contributed by atoms with E-state index in [4.69, 9.17) is 15.8 Å². The van der Waals surface area contributed by atoms with Gasteiger partial charge in [-0.3, -0.25) is 19.7 Å². The molecule has 0 amide bonds. The molecule has 41 heavy (non-hydrogen) atoms. The van der Waals surface area contributed by atoms with Crippen molar-refractivity contribution in [2.45, 2.75) is 71.1 Å². The largest absolute Gasteiger partial charge is 0.502 e. The summed E-state index contributed by atoms with van der Waals surface area (Å²) < 4.78 is 4.88. The lowest BCUT2D eigenvalue weighted by Crippen LogP contribution is -2.28. The predicted molar refractivity (Wildman–Crippen MR) is 154 cm³/mol. The number of nitro groups is 1. The van der Waals surface area contributed by atoms with E-state index in [-0.39, 0.29) is 17.5 Å². The second-order valence-corrected chi connectivity index (χ2v) is 9.99. The number of aromatic nitrogens is 4. The molecule has 1 aromatic carbocycles. The summed E-state index contributed by atoms with van der Waals surface area (Å²) in [5, 5.41) is 28.9. The fourth-order valence-electron chi connectivity index (χ4n) is 5.29. The van der Waals surface area contributed by atoms with Crippen LogP contribution in [0.1, 0.15) is 62.4 Å². The first-order chi connectivity index (χ1) is 19.7. The molecule has 12 heteroatoms. The molecule has 1 saturated carbocycles. The average molecular weight is 560 g/mol. The van der Waals surface area contributed by atoms with Gasteiger partial charge in [-0.05, 0) is 50.8 Å². The summed E-state index contributed by atoms with van der Waals surface area (Å²) in [6.45, 7) is 5.05. The highest BCUT2D eigenvalue weighted by molar-refractivity contribution is 5.75. The number of rotatable bonds is 6. The maximum atomic E-state index is 13.1. The number of hydrogen-bond acceptors (Lipinski definition) is 8. The number of nitrogens with zero attached hydrogens (tertiary/aromatic N) is 6. The van der Waals surface area contributed by atoms with Crippen molar-refractivity contribution in [3.8, 4) is 11.8 Å². The van der Waals surface area contributed by atoms with Gasteiger partial charge in [-0.25, -0.2) is 4.98 Å². The minimum absolute atomic E-state index is 0.0340. The van der Waals surface area contributed by atoms with E-state index < -0.39 is 21.9 Å². The topological polar surface area (TPSA) is 175 Å². The van der Waals surface area contributed by atoms with Crippen LogP contribution in [0, 0.1) is 21.4 Å². The molecule has 3 aromatic heterocycles. The number of aryl methyl sites for hydroxylation is 2. The zero-order valence-corrected chi connectivity index (χ0v) is 23.1. The first-order valence-corrected chi connectivity index (χ1v) is 13.6. The van der Waals surface area contributed by atoms with Crippen molar-refractivity contribution in [2.75, 3.05) is 0 Å². The van der Waals surface area contributed by atoms with Gasteiger partial charge in [0.05, 0.1) is 28.6 Å². The third-order valence-electron chi connectivity index (χ3n) is 7.43. The van der Waals surface area contributed by atoms with E-state index in [0.717, 1.165) is 53.2 Å². The summed E-state index contributed by atoms with van der Waals surface area (Å²) >= 11 is 0. The standard InChI is InChI=1S/C22H25N5O.C7H8N2O4/c1-2-26-11-10-19-20(22(26)28)27(14-17-7-4-3-6-16(17)13-23)21(25-19)15-8-5-9-18(24)12-15;1-2-8-4-3-5(10)6(7(8)11)9(12)13/h3-4,6-7,10-11,15,18H,2,5,8-9,12,14,24H2,1H3;3-4,10H,2H2,1H3/t15?,18-;/m0./s1. The summed E-state index contributed by atoms with van der Waals surface area (Å²) in [5.74, 6) is 0.559. The Morgan fingerprint density at radius 1 is 1.10 bits per heavy atom. The molecule has 1 fully saturated rings. The van der Waals surface area contributed by atoms with Gasteiger partial charge in [0.25, 0.3) is 5.56 Å².